The Balaban J connectivity index is 1.98. The van der Waals surface area contributed by atoms with Gasteiger partial charge in [0.25, 0.3) is 5.91 Å². The van der Waals surface area contributed by atoms with Crippen molar-refractivity contribution in [3.63, 3.8) is 0 Å². The van der Waals surface area contributed by atoms with Gasteiger partial charge >= 0.3 is 11.9 Å². The van der Waals surface area contributed by atoms with Gasteiger partial charge in [0, 0.05) is 6.08 Å². The molecule has 27 heavy (non-hydrogen) atoms. The van der Waals surface area contributed by atoms with Gasteiger partial charge in [0.15, 0.2) is 6.61 Å². The third-order valence-electron chi connectivity index (χ3n) is 3.20. The number of amides is 1. The summed E-state index contributed by atoms with van der Waals surface area (Å²) in [6.45, 7) is 1.23. The van der Waals surface area contributed by atoms with Crippen LogP contribution in [0.25, 0.3) is 6.08 Å². The zero-order valence-electron chi connectivity index (χ0n) is 14.4. The lowest BCUT2D eigenvalue weighted by molar-refractivity contribution is -0.142. The Kier molecular flexibility index (Phi) is 6.91. The molecule has 8 heteroatoms. The molecule has 0 atom stereocenters. The number of rotatable bonds is 7. The molecule has 2 rings (SSSR count). The van der Waals surface area contributed by atoms with Crippen LogP contribution in [-0.2, 0) is 19.1 Å². The van der Waals surface area contributed by atoms with E-state index >= 15 is 0 Å². The molecule has 0 radical (unpaired) electrons. The first-order valence-electron chi connectivity index (χ1n) is 7.93. The molecule has 0 spiro atoms. The maximum Gasteiger partial charge on any atom is 0.349 e. The smallest absolute Gasteiger partial charge is 0.349 e. The molecule has 0 aliphatic carbocycles. The van der Waals surface area contributed by atoms with Crippen LogP contribution in [0.3, 0.4) is 0 Å². The number of hydrogen-bond donors (Lipinski definition) is 1. The Morgan fingerprint density at radius 1 is 1.19 bits per heavy atom. The van der Waals surface area contributed by atoms with E-state index < -0.39 is 24.5 Å². The molecular weight excluding hydrogens is 352 g/mol. The Hall–Kier alpha value is -3.86. The van der Waals surface area contributed by atoms with E-state index in [0.29, 0.717) is 5.76 Å². The highest BCUT2D eigenvalue weighted by Gasteiger charge is 2.16. The highest BCUT2D eigenvalue weighted by atomic mass is 16.5. The maximum atomic E-state index is 12.0. The SMILES string of the molecule is CCOC(=O)c1ccccc1NC(=O)COC(=O)/C(C#N)=C/c1ccco1. The summed E-state index contributed by atoms with van der Waals surface area (Å²) in [6.07, 6.45) is 2.59. The fourth-order valence-electron chi connectivity index (χ4n) is 2.03. The minimum Gasteiger partial charge on any atom is -0.465 e. The zero-order chi connectivity index (χ0) is 19.6. The van der Waals surface area contributed by atoms with Gasteiger partial charge in [-0.3, -0.25) is 4.79 Å². The molecular formula is C19H16N2O6. The zero-order valence-corrected chi connectivity index (χ0v) is 14.4. The first-order valence-corrected chi connectivity index (χ1v) is 7.93. The summed E-state index contributed by atoms with van der Waals surface area (Å²) in [5.41, 5.74) is 0.0859. The number of hydrogen-bond acceptors (Lipinski definition) is 7. The van der Waals surface area contributed by atoms with E-state index in [1.165, 1.54) is 24.5 Å². The second-order valence-corrected chi connectivity index (χ2v) is 5.08. The lowest BCUT2D eigenvalue weighted by atomic mass is 10.2. The normalized spacial score (nSPS) is 10.6. The van der Waals surface area contributed by atoms with Crippen molar-refractivity contribution in [2.24, 2.45) is 0 Å². The number of nitriles is 1. The Morgan fingerprint density at radius 3 is 2.63 bits per heavy atom. The molecule has 0 fully saturated rings. The van der Waals surface area contributed by atoms with E-state index in [4.69, 9.17) is 19.2 Å². The molecule has 1 N–H and O–H groups in total. The molecule has 1 heterocycles. The molecule has 138 valence electrons. The summed E-state index contributed by atoms with van der Waals surface area (Å²) in [6, 6.07) is 11.1. The lowest BCUT2D eigenvalue weighted by Crippen LogP contribution is -2.22. The van der Waals surface area contributed by atoms with Crippen molar-refractivity contribution < 1.29 is 28.3 Å². The van der Waals surface area contributed by atoms with Crippen LogP contribution in [0.15, 0.2) is 52.7 Å². The number of carbonyl (C=O) groups is 3. The van der Waals surface area contributed by atoms with Gasteiger partial charge < -0.3 is 19.2 Å². The molecule has 1 aromatic heterocycles. The van der Waals surface area contributed by atoms with Crippen LogP contribution in [0.1, 0.15) is 23.0 Å². The van der Waals surface area contributed by atoms with Crippen molar-refractivity contribution in [3.05, 3.63) is 59.6 Å². The van der Waals surface area contributed by atoms with E-state index in [2.05, 4.69) is 5.32 Å². The van der Waals surface area contributed by atoms with Crippen molar-refractivity contribution in [2.75, 3.05) is 18.5 Å². The van der Waals surface area contributed by atoms with Crippen molar-refractivity contribution in [3.8, 4) is 6.07 Å². The molecule has 0 saturated carbocycles. The standard InChI is InChI=1S/C19H16N2O6/c1-2-25-19(24)15-7-3-4-8-16(15)21-17(22)12-27-18(23)13(11-20)10-14-6-5-9-26-14/h3-10H,2,12H2,1H3,(H,21,22)/b13-10+. The van der Waals surface area contributed by atoms with E-state index in [0.717, 1.165) is 0 Å². The molecule has 1 amide bonds. The van der Waals surface area contributed by atoms with Gasteiger partial charge in [0.1, 0.15) is 17.4 Å². The first kappa shape index (κ1) is 19.5. The van der Waals surface area contributed by atoms with Crippen molar-refractivity contribution in [2.45, 2.75) is 6.92 Å². The van der Waals surface area contributed by atoms with Crippen LogP contribution in [0, 0.1) is 11.3 Å². The Morgan fingerprint density at radius 2 is 1.96 bits per heavy atom. The maximum absolute atomic E-state index is 12.0. The van der Waals surface area contributed by atoms with Crippen molar-refractivity contribution >= 4 is 29.6 Å². The summed E-state index contributed by atoms with van der Waals surface area (Å²) in [5, 5.41) is 11.5. The molecule has 2 aromatic rings. The van der Waals surface area contributed by atoms with Crippen LogP contribution in [0.5, 0.6) is 0 Å². The largest absolute Gasteiger partial charge is 0.465 e. The summed E-state index contributed by atoms with van der Waals surface area (Å²) in [5.74, 6) is -1.92. The highest BCUT2D eigenvalue weighted by molar-refractivity contribution is 6.03. The minimum absolute atomic E-state index is 0.175. The molecule has 0 aliphatic heterocycles. The van der Waals surface area contributed by atoms with Gasteiger partial charge in [-0.15, -0.1) is 0 Å². The van der Waals surface area contributed by atoms with Crippen LogP contribution in [0.2, 0.25) is 0 Å². The number of benzene rings is 1. The average molecular weight is 368 g/mol. The van der Waals surface area contributed by atoms with E-state index in [-0.39, 0.29) is 23.4 Å². The van der Waals surface area contributed by atoms with Gasteiger partial charge in [0.2, 0.25) is 0 Å². The summed E-state index contributed by atoms with van der Waals surface area (Å²) in [4.78, 5) is 35.8. The Bertz CT molecular complexity index is 893. The highest BCUT2D eigenvalue weighted by Crippen LogP contribution is 2.16. The average Bonchev–Trinajstić information content (AvgIpc) is 3.18. The number of carbonyl (C=O) groups excluding carboxylic acids is 3. The number of ether oxygens (including phenoxy) is 2. The van der Waals surface area contributed by atoms with Gasteiger partial charge in [0.05, 0.1) is 24.1 Å². The molecule has 0 saturated heterocycles. The second-order valence-electron chi connectivity index (χ2n) is 5.08. The number of esters is 2. The summed E-state index contributed by atoms with van der Waals surface area (Å²) >= 11 is 0. The van der Waals surface area contributed by atoms with Gasteiger partial charge in [-0.1, -0.05) is 12.1 Å². The lowest BCUT2D eigenvalue weighted by Gasteiger charge is -2.10. The monoisotopic (exact) mass is 368 g/mol. The predicted octanol–water partition coefficient (Wildman–Crippen LogP) is 2.55. The van der Waals surface area contributed by atoms with Crippen LogP contribution >= 0.6 is 0 Å². The number of anilines is 1. The summed E-state index contributed by atoms with van der Waals surface area (Å²) in [7, 11) is 0. The van der Waals surface area contributed by atoms with Gasteiger partial charge in [-0.25, -0.2) is 9.59 Å². The third kappa shape index (κ3) is 5.57. The minimum atomic E-state index is -0.970. The van der Waals surface area contributed by atoms with E-state index in [1.54, 1.807) is 37.3 Å². The fourth-order valence-corrected chi connectivity index (χ4v) is 2.03. The second kappa shape index (κ2) is 9.58. The van der Waals surface area contributed by atoms with Crippen LogP contribution < -0.4 is 5.32 Å². The van der Waals surface area contributed by atoms with Crippen molar-refractivity contribution in [1.29, 1.82) is 5.26 Å². The van der Waals surface area contributed by atoms with E-state index in [1.807, 2.05) is 0 Å². The Labute approximate surface area is 155 Å². The van der Waals surface area contributed by atoms with E-state index in [9.17, 15) is 14.4 Å². The first-order chi connectivity index (χ1) is 13.0. The third-order valence-corrected chi connectivity index (χ3v) is 3.20. The quantitative estimate of drug-likeness (QED) is 0.453. The summed E-state index contributed by atoms with van der Waals surface area (Å²) < 4.78 is 14.8. The van der Waals surface area contributed by atoms with Gasteiger partial charge in [-0.2, -0.15) is 5.26 Å². The molecule has 0 unspecified atom stereocenters. The number of para-hydroxylation sites is 1. The van der Waals surface area contributed by atoms with Crippen LogP contribution in [-0.4, -0.2) is 31.1 Å². The number of nitrogens with one attached hydrogen (secondary N) is 1. The molecule has 0 aliphatic rings. The van der Waals surface area contributed by atoms with Crippen LogP contribution in [0.4, 0.5) is 5.69 Å². The molecule has 8 nitrogen and oxygen atoms in total. The number of furan rings is 1. The molecule has 1 aromatic carbocycles. The predicted molar refractivity (Wildman–Crippen MR) is 94.3 cm³/mol. The fraction of sp³-hybridized carbons (Fsp3) is 0.158. The van der Waals surface area contributed by atoms with Gasteiger partial charge in [-0.05, 0) is 31.2 Å². The topological polar surface area (TPSA) is 119 Å². The number of nitrogens with zero attached hydrogens (tertiary/aromatic N) is 1. The van der Waals surface area contributed by atoms with Crippen molar-refractivity contribution in [1.82, 2.24) is 0 Å². The molecule has 0 bridgehead atoms.